The van der Waals surface area contributed by atoms with E-state index in [4.69, 9.17) is 10.7 Å². The number of hydrogen-bond acceptors (Lipinski definition) is 3. The van der Waals surface area contributed by atoms with Gasteiger partial charge < -0.3 is 10.3 Å². The third kappa shape index (κ3) is 2.35. The molecule has 4 nitrogen and oxygen atoms in total. The van der Waals surface area contributed by atoms with Gasteiger partial charge in [0, 0.05) is 24.2 Å². The highest BCUT2D eigenvalue weighted by molar-refractivity contribution is 5.75. The zero-order chi connectivity index (χ0) is 15.0. The third-order valence-electron chi connectivity index (χ3n) is 5.10. The highest BCUT2D eigenvalue weighted by atomic mass is 15.1. The summed E-state index contributed by atoms with van der Waals surface area (Å²) in [7, 11) is 0. The van der Waals surface area contributed by atoms with Crippen LogP contribution in [0.3, 0.4) is 0 Å². The second-order valence-corrected chi connectivity index (χ2v) is 6.93. The average molecular weight is 286 g/mol. The molecular weight excluding hydrogens is 260 g/mol. The second-order valence-electron chi connectivity index (χ2n) is 6.93. The van der Waals surface area contributed by atoms with Crippen LogP contribution < -0.4 is 5.73 Å². The van der Waals surface area contributed by atoms with Crippen molar-refractivity contribution in [1.29, 1.82) is 0 Å². The second kappa shape index (κ2) is 5.41. The zero-order valence-electron chi connectivity index (χ0n) is 13.3. The fraction of sp³-hybridized carbons (Fsp3) is 0.647. The molecule has 21 heavy (non-hydrogen) atoms. The Hall–Kier alpha value is -1.42. The van der Waals surface area contributed by atoms with Gasteiger partial charge in [-0.15, -0.1) is 0 Å². The fourth-order valence-electron chi connectivity index (χ4n) is 3.68. The lowest BCUT2D eigenvalue weighted by molar-refractivity contribution is 0.229. The van der Waals surface area contributed by atoms with E-state index in [0.717, 1.165) is 24.3 Å². The fourth-order valence-corrected chi connectivity index (χ4v) is 3.68. The van der Waals surface area contributed by atoms with Gasteiger partial charge in [0.05, 0.1) is 11.7 Å². The van der Waals surface area contributed by atoms with Gasteiger partial charge in [0.2, 0.25) is 0 Å². The highest BCUT2D eigenvalue weighted by Crippen LogP contribution is 2.42. The molecule has 114 valence electrons. The van der Waals surface area contributed by atoms with E-state index in [9.17, 15) is 0 Å². The molecule has 1 aliphatic carbocycles. The normalized spacial score (nSPS) is 26.6. The van der Waals surface area contributed by atoms with E-state index in [1.807, 2.05) is 12.4 Å². The first-order valence-corrected chi connectivity index (χ1v) is 8.10. The first kappa shape index (κ1) is 14.5. The first-order valence-electron chi connectivity index (χ1n) is 8.10. The first-order chi connectivity index (χ1) is 10.1. The zero-order valence-corrected chi connectivity index (χ0v) is 13.3. The van der Waals surface area contributed by atoms with Crippen LogP contribution in [0.25, 0.3) is 11.0 Å². The maximum Gasteiger partial charge on any atom is 0.117 e. The van der Waals surface area contributed by atoms with Gasteiger partial charge in [-0.3, -0.25) is 4.98 Å². The summed E-state index contributed by atoms with van der Waals surface area (Å²) >= 11 is 0. The molecule has 0 aliphatic heterocycles. The molecule has 0 bridgehead atoms. The molecule has 1 saturated carbocycles. The van der Waals surface area contributed by atoms with E-state index in [1.165, 1.54) is 24.2 Å². The molecular formula is C17H26N4. The number of nitrogens with two attached hydrogens (primary N) is 1. The summed E-state index contributed by atoms with van der Waals surface area (Å²) in [6.45, 7) is 7.47. The molecule has 0 radical (unpaired) electrons. The average Bonchev–Trinajstić information content (AvgIpc) is 2.88. The summed E-state index contributed by atoms with van der Waals surface area (Å²) in [5.74, 6) is 1.98. The van der Waals surface area contributed by atoms with E-state index in [-0.39, 0.29) is 5.41 Å². The van der Waals surface area contributed by atoms with Gasteiger partial charge in [-0.1, -0.05) is 6.92 Å². The van der Waals surface area contributed by atoms with Gasteiger partial charge in [0.15, 0.2) is 0 Å². The summed E-state index contributed by atoms with van der Waals surface area (Å²) in [6, 6.07) is 2.46. The summed E-state index contributed by atoms with van der Waals surface area (Å²) < 4.78 is 2.37. The maximum atomic E-state index is 6.24. The largest absolute Gasteiger partial charge is 0.329 e. The van der Waals surface area contributed by atoms with Crippen molar-refractivity contribution in [3.63, 3.8) is 0 Å². The molecule has 0 amide bonds. The van der Waals surface area contributed by atoms with E-state index in [2.05, 4.69) is 36.4 Å². The van der Waals surface area contributed by atoms with Crippen molar-refractivity contribution in [3.8, 4) is 0 Å². The molecule has 0 aromatic carbocycles. The smallest absolute Gasteiger partial charge is 0.117 e. The Morgan fingerprint density at radius 3 is 2.71 bits per heavy atom. The van der Waals surface area contributed by atoms with Crippen LogP contribution in [-0.2, 0) is 5.41 Å². The molecule has 0 saturated heterocycles. The monoisotopic (exact) mass is 286 g/mol. The van der Waals surface area contributed by atoms with Crippen molar-refractivity contribution in [2.45, 2.75) is 57.9 Å². The number of aromatic nitrogens is 3. The molecule has 1 fully saturated rings. The van der Waals surface area contributed by atoms with E-state index in [1.54, 1.807) is 0 Å². The molecule has 0 unspecified atom stereocenters. The Morgan fingerprint density at radius 1 is 1.38 bits per heavy atom. The lowest BCUT2D eigenvalue weighted by Gasteiger charge is -2.38. The van der Waals surface area contributed by atoms with Gasteiger partial charge in [0.25, 0.3) is 0 Å². The Bertz CT molecular complexity index is 621. The standard InChI is InChI=1S/C17H26N4/c1-12(2)21-15-6-9-19-10-14(15)20-16(21)17(11-18)7-4-13(3)5-8-17/h6,9-10,12-13H,4-5,7-8,11,18H2,1-3H3. The highest BCUT2D eigenvalue weighted by Gasteiger charge is 2.39. The van der Waals surface area contributed by atoms with Crippen LogP contribution in [0, 0.1) is 5.92 Å². The van der Waals surface area contributed by atoms with E-state index >= 15 is 0 Å². The SMILES string of the molecule is CC1CCC(CN)(c2nc3cnccc3n2C(C)C)CC1. The predicted molar refractivity (Wildman–Crippen MR) is 86.3 cm³/mol. The number of hydrogen-bond donors (Lipinski definition) is 1. The lowest BCUT2D eigenvalue weighted by atomic mass is 9.70. The van der Waals surface area contributed by atoms with E-state index in [0.29, 0.717) is 12.6 Å². The summed E-state index contributed by atoms with van der Waals surface area (Å²) in [6.07, 6.45) is 8.51. The van der Waals surface area contributed by atoms with Gasteiger partial charge >= 0.3 is 0 Å². The maximum absolute atomic E-state index is 6.24. The van der Waals surface area contributed by atoms with Crippen LogP contribution in [0.1, 0.15) is 58.3 Å². The molecule has 2 aromatic heterocycles. The molecule has 2 aromatic rings. The lowest BCUT2D eigenvalue weighted by Crippen LogP contribution is -2.41. The van der Waals surface area contributed by atoms with Crippen LogP contribution in [0.5, 0.6) is 0 Å². The summed E-state index contributed by atoms with van der Waals surface area (Å²) in [5, 5.41) is 0. The van der Waals surface area contributed by atoms with Crippen molar-refractivity contribution in [2.24, 2.45) is 11.7 Å². The van der Waals surface area contributed by atoms with Gasteiger partial charge in [-0.2, -0.15) is 0 Å². The number of fused-ring (bicyclic) bond motifs is 1. The number of imidazole rings is 1. The van der Waals surface area contributed by atoms with Crippen LogP contribution >= 0.6 is 0 Å². The van der Waals surface area contributed by atoms with Crippen molar-refractivity contribution >= 4 is 11.0 Å². The van der Waals surface area contributed by atoms with Crippen LogP contribution in [0.4, 0.5) is 0 Å². The molecule has 2 N–H and O–H groups in total. The topological polar surface area (TPSA) is 56.7 Å². The van der Waals surface area contributed by atoms with Crippen molar-refractivity contribution < 1.29 is 0 Å². The van der Waals surface area contributed by atoms with Crippen molar-refractivity contribution in [3.05, 3.63) is 24.3 Å². The number of pyridine rings is 1. The molecule has 1 aliphatic rings. The Labute approximate surface area is 126 Å². The Morgan fingerprint density at radius 2 is 2.10 bits per heavy atom. The van der Waals surface area contributed by atoms with Crippen LogP contribution in [0.2, 0.25) is 0 Å². The number of rotatable bonds is 3. The van der Waals surface area contributed by atoms with Crippen LogP contribution in [-0.4, -0.2) is 21.1 Å². The Kier molecular flexibility index (Phi) is 3.74. The van der Waals surface area contributed by atoms with Gasteiger partial charge in [-0.05, 0) is 51.5 Å². The molecule has 2 heterocycles. The quantitative estimate of drug-likeness (QED) is 0.940. The van der Waals surface area contributed by atoms with Crippen molar-refractivity contribution in [1.82, 2.24) is 14.5 Å². The summed E-state index contributed by atoms with van der Waals surface area (Å²) in [4.78, 5) is 9.17. The number of nitrogens with zero attached hydrogens (tertiary/aromatic N) is 3. The van der Waals surface area contributed by atoms with Gasteiger partial charge in [0.1, 0.15) is 11.3 Å². The minimum absolute atomic E-state index is 0.0375. The van der Waals surface area contributed by atoms with Crippen molar-refractivity contribution in [2.75, 3.05) is 6.54 Å². The molecule has 0 spiro atoms. The predicted octanol–water partition coefficient (Wildman–Crippen LogP) is 3.42. The summed E-state index contributed by atoms with van der Waals surface area (Å²) in [5.41, 5.74) is 8.45. The Balaban J connectivity index is 2.16. The third-order valence-corrected chi connectivity index (χ3v) is 5.10. The van der Waals surface area contributed by atoms with E-state index < -0.39 is 0 Å². The minimum Gasteiger partial charge on any atom is -0.329 e. The van der Waals surface area contributed by atoms with Gasteiger partial charge in [-0.25, -0.2) is 4.98 Å². The molecule has 3 rings (SSSR count). The molecule has 0 atom stereocenters. The minimum atomic E-state index is 0.0375. The van der Waals surface area contributed by atoms with Crippen LogP contribution in [0.15, 0.2) is 18.5 Å². The molecule has 4 heteroatoms.